The lowest BCUT2D eigenvalue weighted by Crippen LogP contribution is -2.20. The van der Waals surface area contributed by atoms with Gasteiger partial charge < -0.3 is 9.47 Å². The van der Waals surface area contributed by atoms with Crippen LogP contribution in [0.15, 0.2) is 73.4 Å². The lowest BCUT2D eigenvalue weighted by Gasteiger charge is -2.13. The van der Waals surface area contributed by atoms with Crippen molar-refractivity contribution in [3.63, 3.8) is 0 Å². The van der Waals surface area contributed by atoms with E-state index in [2.05, 4.69) is 41.9 Å². The summed E-state index contributed by atoms with van der Waals surface area (Å²) < 4.78 is 27.4. The number of ether oxygens (including phenoxy) is 2. The predicted octanol–water partition coefficient (Wildman–Crippen LogP) is 5.84. The van der Waals surface area contributed by atoms with Crippen LogP contribution in [0.5, 0.6) is 11.5 Å². The molecule has 1 aromatic heterocycles. The Morgan fingerprint density at radius 3 is 2.73 bits per heavy atom. The fraction of sp³-hybridized carbons (Fsp3) is 0.125. The van der Waals surface area contributed by atoms with Crippen LogP contribution in [0.3, 0.4) is 0 Å². The SMILES string of the molecule is COc1cc(C=Nn2c(C)nc3ccc(Br)cc3c2=O)cc(Br)c1OCc1cccc(F)c1. The van der Waals surface area contributed by atoms with Crippen molar-refractivity contribution >= 4 is 49.0 Å². The van der Waals surface area contributed by atoms with E-state index in [1.54, 1.807) is 49.5 Å². The van der Waals surface area contributed by atoms with Crippen molar-refractivity contribution in [2.45, 2.75) is 13.5 Å². The Labute approximate surface area is 205 Å². The summed E-state index contributed by atoms with van der Waals surface area (Å²) in [6.07, 6.45) is 1.55. The number of aromatic nitrogens is 2. The molecule has 1 heterocycles. The zero-order valence-corrected chi connectivity index (χ0v) is 20.9. The third kappa shape index (κ3) is 5.15. The molecule has 4 aromatic rings. The summed E-state index contributed by atoms with van der Waals surface area (Å²) in [5, 5.41) is 4.81. The van der Waals surface area contributed by atoms with Gasteiger partial charge in [-0.3, -0.25) is 4.79 Å². The topological polar surface area (TPSA) is 65.7 Å². The zero-order valence-electron chi connectivity index (χ0n) is 17.7. The maximum Gasteiger partial charge on any atom is 0.282 e. The molecule has 3 aromatic carbocycles. The van der Waals surface area contributed by atoms with Gasteiger partial charge in [-0.1, -0.05) is 28.1 Å². The summed E-state index contributed by atoms with van der Waals surface area (Å²) in [5.74, 6) is 1.08. The maximum absolute atomic E-state index is 13.4. The fourth-order valence-corrected chi connectivity index (χ4v) is 4.19. The first kappa shape index (κ1) is 23.1. The second-order valence-corrected chi connectivity index (χ2v) is 8.90. The van der Waals surface area contributed by atoms with E-state index in [9.17, 15) is 9.18 Å². The first-order valence-corrected chi connectivity index (χ1v) is 11.4. The second-order valence-electron chi connectivity index (χ2n) is 7.13. The van der Waals surface area contributed by atoms with Gasteiger partial charge in [-0.15, -0.1) is 0 Å². The van der Waals surface area contributed by atoms with Gasteiger partial charge in [0.25, 0.3) is 5.56 Å². The third-order valence-electron chi connectivity index (χ3n) is 4.82. The van der Waals surface area contributed by atoms with Crippen molar-refractivity contribution in [2.24, 2.45) is 5.10 Å². The van der Waals surface area contributed by atoms with Gasteiger partial charge in [0.1, 0.15) is 18.2 Å². The molecule has 0 aliphatic rings. The first-order chi connectivity index (χ1) is 15.9. The van der Waals surface area contributed by atoms with Crippen LogP contribution in [0.25, 0.3) is 10.9 Å². The van der Waals surface area contributed by atoms with Crippen LogP contribution in [-0.4, -0.2) is 23.0 Å². The molecule has 0 unspecified atom stereocenters. The van der Waals surface area contributed by atoms with E-state index in [0.717, 1.165) is 4.47 Å². The highest BCUT2D eigenvalue weighted by Gasteiger charge is 2.13. The first-order valence-electron chi connectivity index (χ1n) is 9.84. The average molecular weight is 575 g/mol. The highest BCUT2D eigenvalue weighted by atomic mass is 79.9. The van der Waals surface area contributed by atoms with Crippen LogP contribution in [0.1, 0.15) is 17.0 Å². The Bertz CT molecular complexity index is 1440. The number of fused-ring (bicyclic) bond motifs is 1. The van der Waals surface area contributed by atoms with Gasteiger partial charge in [0, 0.05) is 4.47 Å². The van der Waals surface area contributed by atoms with Crippen LogP contribution in [0, 0.1) is 12.7 Å². The normalized spacial score (nSPS) is 11.3. The van der Waals surface area contributed by atoms with E-state index < -0.39 is 0 Å². The van der Waals surface area contributed by atoms with Crippen molar-refractivity contribution in [1.82, 2.24) is 9.66 Å². The Hall–Kier alpha value is -3.04. The summed E-state index contributed by atoms with van der Waals surface area (Å²) in [6, 6.07) is 15.1. The highest BCUT2D eigenvalue weighted by Crippen LogP contribution is 2.37. The number of aryl methyl sites for hydroxylation is 1. The number of halogens is 3. The number of hydrogen-bond donors (Lipinski definition) is 0. The van der Waals surface area contributed by atoms with E-state index in [1.807, 2.05) is 6.07 Å². The molecule has 0 fully saturated rings. The van der Waals surface area contributed by atoms with Crippen molar-refractivity contribution < 1.29 is 13.9 Å². The van der Waals surface area contributed by atoms with Crippen LogP contribution >= 0.6 is 31.9 Å². The molecule has 0 bridgehead atoms. The summed E-state index contributed by atoms with van der Waals surface area (Å²) in [5.41, 5.74) is 1.71. The van der Waals surface area contributed by atoms with Gasteiger partial charge in [0.15, 0.2) is 11.5 Å². The van der Waals surface area contributed by atoms with Crippen molar-refractivity contribution in [1.29, 1.82) is 0 Å². The fourth-order valence-electron chi connectivity index (χ4n) is 3.26. The van der Waals surface area contributed by atoms with Crippen LogP contribution in [0.2, 0.25) is 0 Å². The second kappa shape index (κ2) is 9.84. The van der Waals surface area contributed by atoms with Crippen LogP contribution in [0.4, 0.5) is 4.39 Å². The summed E-state index contributed by atoms with van der Waals surface area (Å²) in [4.78, 5) is 17.4. The maximum atomic E-state index is 13.4. The van der Waals surface area contributed by atoms with Gasteiger partial charge in [-0.05, 0) is 76.4 Å². The van der Waals surface area contributed by atoms with Gasteiger partial charge in [-0.2, -0.15) is 9.78 Å². The molecular formula is C24H18Br2FN3O3. The largest absolute Gasteiger partial charge is 0.493 e. The number of methoxy groups -OCH3 is 1. The Kier molecular flexibility index (Phi) is 6.90. The van der Waals surface area contributed by atoms with E-state index in [0.29, 0.717) is 43.8 Å². The summed E-state index contributed by atoms with van der Waals surface area (Å²) in [7, 11) is 1.53. The van der Waals surface area contributed by atoms with Crippen molar-refractivity contribution in [3.8, 4) is 11.5 Å². The monoisotopic (exact) mass is 573 g/mol. The molecule has 9 heteroatoms. The number of hydrogen-bond acceptors (Lipinski definition) is 5. The average Bonchev–Trinajstić information content (AvgIpc) is 2.78. The molecule has 0 amide bonds. The molecule has 168 valence electrons. The van der Waals surface area contributed by atoms with Gasteiger partial charge >= 0.3 is 0 Å². The molecule has 0 saturated carbocycles. The van der Waals surface area contributed by atoms with E-state index in [-0.39, 0.29) is 18.0 Å². The molecule has 0 radical (unpaired) electrons. The molecule has 0 atom stereocenters. The van der Waals surface area contributed by atoms with Crippen LogP contribution in [-0.2, 0) is 6.61 Å². The molecule has 0 aliphatic carbocycles. The van der Waals surface area contributed by atoms with Gasteiger partial charge in [0.05, 0.1) is 28.7 Å². The molecule has 0 saturated heterocycles. The van der Waals surface area contributed by atoms with Crippen molar-refractivity contribution in [2.75, 3.05) is 7.11 Å². The number of rotatable bonds is 6. The molecule has 0 spiro atoms. The smallest absolute Gasteiger partial charge is 0.282 e. The Balaban J connectivity index is 1.64. The Morgan fingerprint density at radius 1 is 1.15 bits per heavy atom. The van der Waals surface area contributed by atoms with E-state index >= 15 is 0 Å². The van der Waals surface area contributed by atoms with Gasteiger partial charge in [0.2, 0.25) is 0 Å². The van der Waals surface area contributed by atoms with E-state index in [1.165, 1.54) is 23.9 Å². The highest BCUT2D eigenvalue weighted by molar-refractivity contribution is 9.10. The minimum absolute atomic E-state index is 0.174. The minimum atomic E-state index is -0.324. The van der Waals surface area contributed by atoms with Crippen LogP contribution < -0.4 is 15.0 Å². The molecule has 0 aliphatic heterocycles. The summed E-state index contributed by atoms with van der Waals surface area (Å²) in [6.45, 7) is 1.90. The number of nitrogens with zero attached hydrogens (tertiary/aromatic N) is 3. The molecular weight excluding hydrogens is 557 g/mol. The lowest BCUT2D eigenvalue weighted by atomic mass is 10.2. The Morgan fingerprint density at radius 2 is 1.97 bits per heavy atom. The zero-order chi connectivity index (χ0) is 23.5. The standard InChI is InChI=1S/C24H18Br2FN3O3/c1-14-29-21-7-6-17(25)11-19(21)24(31)30(14)28-12-16-9-20(26)23(22(10-16)32-2)33-13-15-4-3-5-18(27)8-15/h3-12H,13H2,1-2H3. The molecule has 6 nitrogen and oxygen atoms in total. The number of benzene rings is 3. The lowest BCUT2D eigenvalue weighted by molar-refractivity contribution is 0.282. The third-order valence-corrected chi connectivity index (χ3v) is 5.90. The van der Waals surface area contributed by atoms with Crippen molar-refractivity contribution in [3.05, 3.63) is 96.7 Å². The quantitative estimate of drug-likeness (QED) is 0.271. The summed E-state index contributed by atoms with van der Waals surface area (Å²) >= 11 is 6.88. The van der Waals surface area contributed by atoms with E-state index in [4.69, 9.17) is 9.47 Å². The molecule has 4 rings (SSSR count). The molecule has 33 heavy (non-hydrogen) atoms. The van der Waals surface area contributed by atoms with Gasteiger partial charge in [-0.25, -0.2) is 9.37 Å². The minimum Gasteiger partial charge on any atom is -0.493 e. The predicted molar refractivity (Wildman–Crippen MR) is 133 cm³/mol. The molecule has 0 N–H and O–H groups in total.